The largest absolute Gasteiger partial charge is 0.339 e. The topological polar surface area (TPSA) is 58.1 Å². The molecular weight excluding hydrogens is 312 g/mol. The molecule has 1 N–H and O–H groups in total. The monoisotopic (exact) mass is 330 g/mol. The fourth-order valence-corrected chi connectivity index (χ4v) is 2.76. The number of anilines is 2. The molecule has 1 aromatic heterocycles. The predicted octanol–water partition coefficient (Wildman–Crippen LogP) is 3.81. The molecule has 1 aliphatic rings. The smallest absolute Gasteiger partial charge is 0.256 e. The van der Waals surface area contributed by atoms with E-state index < -0.39 is 0 Å². The number of amides is 1. The van der Waals surface area contributed by atoms with Crippen LogP contribution in [0.5, 0.6) is 0 Å². The summed E-state index contributed by atoms with van der Waals surface area (Å²) in [5, 5.41) is 3.77. The Balaban J connectivity index is 1.68. The van der Waals surface area contributed by atoms with Crippen molar-refractivity contribution in [2.75, 3.05) is 18.4 Å². The molecule has 1 aliphatic heterocycles. The third-order valence-corrected chi connectivity index (χ3v) is 4.38. The first-order valence-corrected chi connectivity index (χ1v) is 8.16. The first-order chi connectivity index (χ1) is 11.1. The van der Waals surface area contributed by atoms with Crippen LogP contribution in [0.15, 0.2) is 30.6 Å². The van der Waals surface area contributed by atoms with Crippen molar-refractivity contribution in [3.63, 3.8) is 0 Å². The van der Waals surface area contributed by atoms with Gasteiger partial charge in [-0.15, -0.1) is 0 Å². The van der Waals surface area contributed by atoms with E-state index in [1.54, 1.807) is 12.4 Å². The molecule has 2 aromatic rings. The van der Waals surface area contributed by atoms with Crippen molar-refractivity contribution in [3.8, 4) is 0 Å². The number of aryl methyl sites for hydroxylation is 1. The van der Waals surface area contributed by atoms with Crippen LogP contribution in [-0.4, -0.2) is 33.9 Å². The number of carbonyl (C=O) groups excluding carboxylic acids is 1. The molecule has 23 heavy (non-hydrogen) atoms. The average molecular weight is 331 g/mol. The molecule has 0 saturated carbocycles. The third-order valence-electron chi connectivity index (χ3n) is 3.97. The number of aromatic nitrogens is 2. The second-order valence-electron chi connectivity index (χ2n) is 5.74. The van der Waals surface area contributed by atoms with E-state index in [9.17, 15) is 4.79 Å². The molecular formula is C17H19ClN4O. The van der Waals surface area contributed by atoms with E-state index >= 15 is 0 Å². The summed E-state index contributed by atoms with van der Waals surface area (Å²) < 4.78 is 0. The molecule has 1 fully saturated rings. The minimum atomic E-state index is 0.00892. The van der Waals surface area contributed by atoms with Crippen LogP contribution in [0.2, 0.25) is 5.02 Å². The lowest BCUT2D eigenvalue weighted by Gasteiger charge is -2.26. The van der Waals surface area contributed by atoms with Crippen molar-refractivity contribution in [2.24, 2.45) is 0 Å². The molecule has 5 nitrogen and oxygen atoms in total. The number of hydrogen-bond donors (Lipinski definition) is 1. The lowest BCUT2D eigenvalue weighted by atomic mass is 10.1. The zero-order valence-corrected chi connectivity index (χ0v) is 13.8. The lowest BCUT2D eigenvalue weighted by Crippen LogP contribution is -2.35. The van der Waals surface area contributed by atoms with Gasteiger partial charge in [0.1, 0.15) is 0 Å². The summed E-state index contributed by atoms with van der Waals surface area (Å²) in [6, 6.07) is 5.67. The summed E-state index contributed by atoms with van der Waals surface area (Å²) in [6.45, 7) is 3.59. The van der Waals surface area contributed by atoms with Crippen molar-refractivity contribution in [3.05, 3.63) is 46.7 Å². The number of piperidine rings is 1. The fraction of sp³-hybridized carbons (Fsp3) is 0.353. The molecule has 1 saturated heterocycles. The SMILES string of the molecule is Cc1ccc(Nc2ncc(C(=O)N3CCCCC3)cn2)cc1Cl. The molecule has 2 heterocycles. The zero-order valence-electron chi connectivity index (χ0n) is 13.1. The van der Waals surface area contributed by atoms with E-state index in [0.717, 1.165) is 37.2 Å². The number of rotatable bonds is 3. The van der Waals surface area contributed by atoms with E-state index in [0.29, 0.717) is 16.5 Å². The van der Waals surface area contributed by atoms with Crippen LogP contribution >= 0.6 is 11.6 Å². The van der Waals surface area contributed by atoms with Crippen LogP contribution in [-0.2, 0) is 0 Å². The van der Waals surface area contributed by atoms with Crippen LogP contribution in [0.4, 0.5) is 11.6 Å². The van der Waals surface area contributed by atoms with Gasteiger partial charge in [-0.25, -0.2) is 9.97 Å². The van der Waals surface area contributed by atoms with Gasteiger partial charge in [0.25, 0.3) is 5.91 Å². The molecule has 0 atom stereocenters. The van der Waals surface area contributed by atoms with Gasteiger partial charge in [-0.2, -0.15) is 0 Å². The molecule has 0 spiro atoms. The Bertz CT molecular complexity index is 696. The van der Waals surface area contributed by atoms with Gasteiger partial charge in [0, 0.05) is 36.2 Å². The normalized spacial score (nSPS) is 14.6. The Morgan fingerprint density at radius 2 is 1.87 bits per heavy atom. The second-order valence-corrected chi connectivity index (χ2v) is 6.14. The molecule has 6 heteroatoms. The molecule has 0 bridgehead atoms. The van der Waals surface area contributed by atoms with Crippen molar-refractivity contribution >= 4 is 29.1 Å². The summed E-state index contributed by atoms with van der Waals surface area (Å²) >= 11 is 6.10. The van der Waals surface area contributed by atoms with Gasteiger partial charge in [-0.3, -0.25) is 4.79 Å². The third kappa shape index (κ3) is 3.79. The van der Waals surface area contributed by atoms with E-state index in [1.807, 2.05) is 30.0 Å². The molecule has 0 radical (unpaired) electrons. The van der Waals surface area contributed by atoms with Crippen molar-refractivity contribution < 1.29 is 4.79 Å². The maximum Gasteiger partial charge on any atom is 0.256 e. The van der Waals surface area contributed by atoms with E-state index in [4.69, 9.17) is 11.6 Å². The highest BCUT2D eigenvalue weighted by molar-refractivity contribution is 6.31. The minimum Gasteiger partial charge on any atom is -0.339 e. The van der Waals surface area contributed by atoms with Crippen LogP contribution in [0.3, 0.4) is 0 Å². The standard InChI is InChI=1S/C17H19ClN4O/c1-12-5-6-14(9-15(12)18)21-17-19-10-13(11-20-17)16(23)22-7-3-2-4-8-22/h5-6,9-11H,2-4,7-8H2,1H3,(H,19,20,21). The van der Waals surface area contributed by atoms with E-state index in [1.165, 1.54) is 6.42 Å². The number of hydrogen-bond acceptors (Lipinski definition) is 4. The summed E-state index contributed by atoms with van der Waals surface area (Å²) in [5.74, 6) is 0.453. The van der Waals surface area contributed by atoms with Crippen molar-refractivity contribution in [1.82, 2.24) is 14.9 Å². The first kappa shape index (κ1) is 15.7. The van der Waals surface area contributed by atoms with Crippen LogP contribution in [0.1, 0.15) is 35.2 Å². The van der Waals surface area contributed by atoms with Crippen LogP contribution < -0.4 is 5.32 Å². The van der Waals surface area contributed by atoms with Gasteiger partial charge in [0.2, 0.25) is 5.95 Å². The van der Waals surface area contributed by atoms with Crippen LogP contribution in [0.25, 0.3) is 0 Å². The Hall–Kier alpha value is -2.14. The Morgan fingerprint density at radius 1 is 1.17 bits per heavy atom. The quantitative estimate of drug-likeness (QED) is 0.929. The van der Waals surface area contributed by atoms with E-state index in [-0.39, 0.29) is 5.91 Å². The first-order valence-electron chi connectivity index (χ1n) is 7.78. The molecule has 1 amide bonds. The maximum absolute atomic E-state index is 12.4. The Morgan fingerprint density at radius 3 is 2.52 bits per heavy atom. The molecule has 0 aliphatic carbocycles. The zero-order chi connectivity index (χ0) is 16.2. The Kier molecular flexibility index (Phi) is 4.76. The summed E-state index contributed by atoms with van der Waals surface area (Å²) in [5.41, 5.74) is 2.36. The van der Waals surface area contributed by atoms with Gasteiger partial charge >= 0.3 is 0 Å². The maximum atomic E-state index is 12.4. The molecule has 3 rings (SSSR count). The predicted molar refractivity (Wildman–Crippen MR) is 91.3 cm³/mol. The summed E-state index contributed by atoms with van der Waals surface area (Å²) in [6.07, 6.45) is 6.48. The highest BCUT2D eigenvalue weighted by Crippen LogP contribution is 2.22. The number of nitrogens with zero attached hydrogens (tertiary/aromatic N) is 3. The minimum absolute atomic E-state index is 0.00892. The number of halogens is 1. The van der Waals surface area contributed by atoms with Gasteiger partial charge in [0.15, 0.2) is 0 Å². The summed E-state index contributed by atoms with van der Waals surface area (Å²) in [7, 11) is 0. The number of benzene rings is 1. The van der Waals surface area contributed by atoms with Gasteiger partial charge in [0.05, 0.1) is 5.56 Å². The second kappa shape index (κ2) is 6.96. The molecule has 120 valence electrons. The highest BCUT2D eigenvalue weighted by atomic mass is 35.5. The molecule has 0 unspecified atom stereocenters. The van der Waals surface area contributed by atoms with Crippen molar-refractivity contribution in [2.45, 2.75) is 26.2 Å². The average Bonchev–Trinajstić information content (AvgIpc) is 2.59. The van der Waals surface area contributed by atoms with Crippen LogP contribution in [0, 0.1) is 6.92 Å². The van der Waals surface area contributed by atoms with E-state index in [2.05, 4.69) is 15.3 Å². The number of carbonyl (C=O) groups is 1. The highest BCUT2D eigenvalue weighted by Gasteiger charge is 2.18. The summed E-state index contributed by atoms with van der Waals surface area (Å²) in [4.78, 5) is 22.7. The fourth-order valence-electron chi connectivity index (χ4n) is 2.58. The lowest BCUT2D eigenvalue weighted by molar-refractivity contribution is 0.0723. The van der Waals surface area contributed by atoms with Gasteiger partial charge < -0.3 is 10.2 Å². The van der Waals surface area contributed by atoms with Gasteiger partial charge in [-0.1, -0.05) is 17.7 Å². The van der Waals surface area contributed by atoms with Crippen molar-refractivity contribution in [1.29, 1.82) is 0 Å². The number of nitrogens with one attached hydrogen (secondary N) is 1. The molecule has 1 aromatic carbocycles. The van der Waals surface area contributed by atoms with Gasteiger partial charge in [-0.05, 0) is 43.9 Å². The Labute approximate surface area is 140 Å². The number of likely N-dealkylation sites (tertiary alicyclic amines) is 1.